The lowest BCUT2D eigenvalue weighted by atomic mass is 9.93. The molecule has 4 heterocycles. The average molecular weight is 437 g/mol. The molecule has 0 radical (unpaired) electrons. The standard InChI is InChI=1S/C24H28N4O4/c29-23(18-8-11-31-16-18)27-10-7-22(15-27)32-21-5-3-20(4-6-21)26-24(30)28-13-19(14-28)17-2-1-9-25-12-17/h1-6,9,12,18-19,22H,7-8,10-11,13-16H2,(H,26,30)/t18?,22-/m0/s1. The summed E-state index contributed by atoms with van der Waals surface area (Å²) in [6, 6.07) is 11.3. The predicted octanol–water partition coefficient (Wildman–Crippen LogP) is 2.73. The first-order valence-corrected chi connectivity index (χ1v) is 11.2. The molecular formula is C24H28N4O4. The first kappa shape index (κ1) is 20.8. The number of amides is 3. The Bertz CT molecular complexity index is 940. The van der Waals surface area contributed by atoms with Gasteiger partial charge >= 0.3 is 6.03 Å². The van der Waals surface area contributed by atoms with E-state index in [4.69, 9.17) is 9.47 Å². The number of nitrogens with one attached hydrogen (secondary N) is 1. The smallest absolute Gasteiger partial charge is 0.321 e. The molecule has 1 N–H and O–H groups in total. The molecule has 1 unspecified atom stereocenters. The number of carbonyl (C=O) groups excluding carboxylic acids is 2. The van der Waals surface area contributed by atoms with E-state index in [9.17, 15) is 9.59 Å². The van der Waals surface area contributed by atoms with Crippen LogP contribution in [0.3, 0.4) is 0 Å². The van der Waals surface area contributed by atoms with Gasteiger partial charge in [0.05, 0.1) is 19.1 Å². The van der Waals surface area contributed by atoms with Crippen molar-refractivity contribution in [3.8, 4) is 5.75 Å². The molecule has 2 aromatic rings. The van der Waals surface area contributed by atoms with Crippen molar-refractivity contribution < 1.29 is 19.1 Å². The van der Waals surface area contributed by atoms with E-state index in [0.717, 1.165) is 30.8 Å². The molecule has 3 fully saturated rings. The van der Waals surface area contributed by atoms with E-state index in [1.54, 1.807) is 11.1 Å². The normalized spacial score (nSPS) is 23.1. The lowest BCUT2D eigenvalue weighted by molar-refractivity contribution is -0.134. The first-order chi connectivity index (χ1) is 15.7. The molecule has 1 aromatic carbocycles. The van der Waals surface area contributed by atoms with Gasteiger partial charge < -0.3 is 24.6 Å². The number of nitrogens with zero attached hydrogens (tertiary/aromatic N) is 3. The summed E-state index contributed by atoms with van der Waals surface area (Å²) in [5.41, 5.74) is 1.90. The minimum absolute atomic E-state index is 0.00249. The summed E-state index contributed by atoms with van der Waals surface area (Å²) in [7, 11) is 0. The van der Waals surface area contributed by atoms with Crippen molar-refractivity contribution in [3.05, 3.63) is 54.4 Å². The van der Waals surface area contributed by atoms with Gasteiger partial charge in [-0.15, -0.1) is 0 Å². The van der Waals surface area contributed by atoms with Crippen LogP contribution in [0, 0.1) is 5.92 Å². The number of benzene rings is 1. The molecule has 0 aliphatic carbocycles. The fourth-order valence-corrected chi connectivity index (χ4v) is 4.50. The van der Waals surface area contributed by atoms with Crippen molar-refractivity contribution in [2.45, 2.75) is 24.9 Å². The molecule has 5 rings (SSSR count). The molecule has 0 saturated carbocycles. The monoisotopic (exact) mass is 436 g/mol. The summed E-state index contributed by atoms with van der Waals surface area (Å²) in [5, 5.41) is 2.94. The van der Waals surface area contributed by atoms with E-state index in [1.165, 1.54) is 5.56 Å². The molecule has 8 heteroatoms. The third-order valence-corrected chi connectivity index (χ3v) is 6.47. The summed E-state index contributed by atoms with van der Waals surface area (Å²) in [5.74, 6) is 1.28. The number of hydrogen-bond donors (Lipinski definition) is 1. The van der Waals surface area contributed by atoms with E-state index >= 15 is 0 Å². The topological polar surface area (TPSA) is 84.0 Å². The van der Waals surface area contributed by atoms with Crippen LogP contribution in [-0.4, -0.2) is 72.2 Å². The number of urea groups is 1. The summed E-state index contributed by atoms with van der Waals surface area (Å²) in [6.07, 6.45) is 5.25. The average Bonchev–Trinajstić information content (AvgIpc) is 3.47. The van der Waals surface area contributed by atoms with Gasteiger partial charge in [-0.05, 0) is 42.3 Å². The molecule has 3 aliphatic heterocycles. The predicted molar refractivity (Wildman–Crippen MR) is 119 cm³/mol. The second-order valence-corrected chi connectivity index (χ2v) is 8.72. The van der Waals surface area contributed by atoms with Gasteiger partial charge in [0.1, 0.15) is 11.9 Å². The summed E-state index contributed by atoms with van der Waals surface area (Å²) < 4.78 is 11.4. The van der Waals surface area contributed by atoms with E-state index in [-0.39, 0.29) is 24.0 Å². The number of aromatic nitrogens is 1. The van der Waals surface area contributed by atoms with Gasteiger partial charge in [-0.25, -0.2) is 4.79 Å². The van der Waals surface area contributed by atoms with Crippen LogP contribution >= 0.6 is 0 Å². The maximum atomic E-state index is 12.5. The maximum absolute atomic E-state index is 12.5. The van der Waals surface area contributed by atoms with Crippen molar-refractivity contribution >= 4 is 17.6 Å². The second-order valence-electron chi connectivity index (χ2n) is 8.72. The van der Waals surface area contributed by atoms with Crippen LogP contribution in [-0.2, 0) is 9.53 Å². The van der Waals surface area contributed by atoms with Crippen LogP contribution < -0.4 is 10.1 Å². The van der Waals surface area contributed by atoms with Crippen LogP contribution in [0.4, 0.5) is 10.5 Å². The molecule has 3 aliphatic rings. The fourth-order valence-electron chi connectivity index (χ4n) is 4.50. The zero-order valence-electron chi connectivity index (χ0n) is 18.0. The Morgan fingerprint density at radius 3 is 2.62 bits per heavy atom. The third kappa shape index (κ3) is 4.55. The molecule has 0 bridgehead atoms. The van der Waals surface area contributed by atoms with Crippen molar-refractivity contribution in [1.82, 2.24) is 14.8 Å². The van der Waals surface area contributed by atoms with Crippen molar-refractivity contribution in [1.29, 1.82) is 0 Å². The fraction of sp³-hybridized carbons (Fsp3) is 0.458. The Morgan fingerprint density at radius 1 is 1.06 bits per heavy atom. The van der Waals surface area contributed by atoms with Gasteiger partial charge in [-0.1, -0.05) is 6.07 Å². The second kappa shape index (κ2) is 9.16. The number of pyridine rings is 1. The first-order valence-electron chi connectivity index (χ1n) is 11.2. The van der Waals surface area contributed by atoms with E-state index in [2.05, 4.69) is 10.3 Å². The van der Waals surface area contributed by atoms with Gasteiger partial charge in [-0.3, -0.25) is 9.78 Å². The van der Waals surface area contributed by atoms with Crippen LogP contribution in [0.1, 0.15) is 24.3 Å². The van der Waals surface area contributed by atoms with Crippen LogP contribution in [0.15, 0.2) is 48.8 Å². The zero-order chi connectivity index (χ0) is 21.9. The molecule has 3 saturated heterocycles. The van der Waals surface area contributed by atoms with Gasteiger partial charge in [0.25, 0.3) is 0 Å². The molecule has 0 spiro atoms. The van der Waals surface area contributed by atoms with E-state index < -0.39 is 0 Å². The lowest BCUT2D eigenvalue weighted by Crippen LogP contribution is -2.50. The number of hydrogen-bond acceptors (Lipinski definition) is 5. The number of anilines is 1. The van der Waals surface area contributed by atoms with Crippen LogP contribution in [0.2, 0.25) is 0 Å². The molecule has 8 nitrogen and oxygen atoms in total. The van der Waals surface area contributed by atoms with Gasteiger partial charge in [0.2, 0.25) is 5.91 Å². The molecule has 168 valence electrons. The highest BCUT2D eigenvalue weighted by Gasteiger charge is 2.34. The van der Waals surface area contributed by atoms with Crippen LogP contribution in [0.25, 0.3) is 0 Å². The number of likely N-dealkylation sites (tertiary alicyclic amines) is 2. The zero-order valence-corrected chi connectivity index (χ0v) is 18.0. The summed E-state index contributed by atoms with van der Waals surface area (Å²) in [6.45, 7) is 3.95. The molecular weight excluding hydrogens is 408 g/mol. The third-order valence-electron chi connectivity index (χ3n) is 6.47. The Balaban J connectivity index is 1.07. The Hall–Kier alpha value is -3.13. The minimum atomic E-state index is -0.0975. The number of carbonyl (C=O) groups is 2. The number of rotatable bonds is 5. The maximum Gasteiger partial charge on any atom is 0.321 e. The van der Waals surface area contributed by atoms with E-state index in [1.807, 2.05) is 47.5 Å². The van der Waals surface area contributed by atoms with Gasteiger partial charge in [0.15, 0.2) is 0 Å². The Morgan fingerprint density at radius 2 is 1.91 bits per heavy atom. The minimum Gasteiger partial charge on any atom is -0.489 e. The quantitative estimate of drug-likeness (QED) is 0.779. The molecule has 2 atom stereocenters. The molecule has 3 amide bonds. The van der Waals surface area contributed by atoms with Crippen molar-refractivity contribution in [2.24, 2.45) is 5.92 Å². The summed E-state index contributed by atoms with van der Waals surface area (Å²) in [4.78, 5) is 32.8. The lowest BCUT2D eigenvalue weighted by Gasteiger charge is -2.39. The highest BCUT2D eigenvalue weighted by Crippen LogP contribution is 2.27. The van der Waals surface area contributed by atoms with Crippen molar-refractivity contribution in [2.75, 3.05) is 44.7 Å². The van der Waals surface area contributed by atoms with Gasteiger partial charge in [-0.2, -0.15) is 0 Å². The molecule has 1 aromatic heterocycles. The van der Waals surface area contributed by atoms with Crippen LogP contribution in [0.5, 0.6) is 5.75 Å². The van der Waals surface area contributed by atoms with Gasteiger partial charge in [0, 0.05) is 56.7 Å². The molecule has 32 heavy (non-hydrogen) atoms. The number of ether oxygens (including phenoxy) is 2. The summed E-state index contributed by atoms with van der Waals surface area (Å²) >= 11 is 0. The Labute approximate surface area is 187 Å². The Kier molecular flexibility index (Phi) is 5.94. The highest BCUT2D eigenvalue weighted by atomic mass is 16.5. The van der Waals surface area contributed by atoms with E-state index in [0.29, 0.717) is 38.8 Å². The SMILES string of the molecule is O=C(Nc1ccc(O[C@H]2CCN(C(=O)C3CCOC3)C2)cc1)N1CC(c2cccnc2)C1. The highest BCUT2D eigenvalue weighted by molar-refractivity contribution is 5.90. The largest absolute Gasteiger partial charge is 0.489 e. The van der Waals surface area contributed by atoms with Crippen molar-refractivity contribution in [3.63, 3.8) is 0 Å².